The number of amides is 2. The maximum Gasteiger partial charge on any atom is 0.408 e. The van der Waals surface area contributed by atoms with Crippen molar-refractivity contribution in [3.63, 3.8) is 0 Å². The summed E-state index contributed by atoms with van der Waals surface area (Å²) in [5.41, 5.74) is 0.199. The lowest BCUT2D eigenvalue weighted by Gasteiger charge is -2.36. The van der Waals surface area contributed by atoms with Crippen LogP contribution < -0.4 is 10.1 Å². The van der Waals surface area contributed by atoms with E-state index in [0.717, 1.165) is 5.56 Å². The number of rotatable bonds is 9. The zero-order chi connectivity index (χ0) is 25.3. The van der Waals surface area contributed by atoms with Gasteiger partial charge in [-0.25, -0.2) is 9.59 Å². The van der Waals surface area contributed by atoms with Crippen molar-refractivity contribution in [1.29, 1.82) is 0 Å². The van der Waals surface area contributed by atoms with Crippen molar-refractivity contribution < 1.29 is 33.3 Å². The van der Waals surface area contributed by atoms with Crippen molar-refractivity contribution in [2.75, 3.05) is 33.9 Å². The molecule has 0 aromatic heterocycles. The number of benzene rings is 1. The smallest absolute Gasteiger partial charge is 0.408 e. The fraction of sp³-hybridized carbons (Fsp3) is 0.640. The molecule has 1 fully saturated rings. The molecule has 1 N–H and O–H groups in total. The number of likely N-dealkylation sites (tertiary alicyclic amines) is 1. The molecular formula is C25H38N2O7. The standard InChI is InChI=1S/C25H38N2O7/c1-7-33-21(23(29)32-6)18-12-14-27(15-13-18)22(28)20(26-24(30)34-25(2,3)4)16-17-8-10-19(31-5)11-9-17/h8-11,18,20-21H,7,12-16H2,1-6H3,(H,26,30). The zero-order valence-corrected chi connectivity index (χ0v) is 21.1. The van der Waals surface area contributed by atoms with Gasteiger partial charge in [0.25, 0.3) is 0 Å². The summed E-state index contributed by atoms with van der Waals surface area (Å²) >= 11 is 0. The van der Waals surface area contributed by atoms with Gasteiger partial charge in [0.1, 0.15) is 17.4 Å². The second-order valence-corrected chi connectivity index (χ2v) is 9.31. The first-order valence-corrected chi connectivity index (χ1v) is 11.7. The van der Waals surface area contributed by atoms with Crippen LogP contribution in [0.3, 0.4) is 0 Å². The number of nitrogens with one attached hydrogen (secondary N) is 1. The quantitative estimate of drug-likeness (QED) is 0.544. The summed E-state index contributed by atoms with van der Waals surface area (Å²) in [5, 5.41) is 2.75. The lowest BCUT2D eigenvalue weighted by atomic mass is 9.90. The van der Waals surface area contributed by atoms with Crippen LogP contribution in [0.2, 0.25) is 0 Å². The van der Waals surface area contributed by atoms with E-state index in [1.165, 1.54) is 7.11 Å². The van der Waals surface area contributed by atoms with Gasteiger partial charge < -0.3 is 29.2 Å². The molecule has 0 aliphatic carbocycles. The number of hydrogen-bond donors (Lipinski definition) is 1. The minimum Gasteiger partial charge on any atom is -0.497 e. The Morgan fingerprint density at radius 1 is 1.09 bits per heavy atom. The normalized spacial score (nSPS) is 16.4. The van der Waals surface area contributed by atoms with Gasteiger partial charge in [0, 0.05) is 26.1 Å². The number of carbonyl (C=O) groups excluding carboxylic acids is 3. The van der Waals surface area contributed by atoms with Crippen molar-refractivity contribution in [1.82, 2.24) is 10.2 Å². The molecule has 1 aliphatic heterocycles. The fourth-order valence-corrected chi connectivity index (χ4v) is 3.98. The van der Waals surface area contributed by atoms with Crippen molar-refractivity contribution in [3.05, 3.63) is 29.8 Å². The van der Waals surface area contributed by atoms with Crippen molar-refractivity contribution in [3.8, 4) is 5.75 Å². The highest BCUT2D eigenvalue weighted by molar-refractivity contribution is 5.86. The van der Waals surface area contributed by atoms with E-state index in [-0.39, 0.29) is 11.8 Å². The van der Waals surface area contributed by atoms with Gasteiger partial charge >= 0.3 is 12.1 Å². The van der Waals surface area contributed by atoms with Crippen molar-refractivity contribution >= 4 is 18.0 Å². The molecule has 190 valence electrons. The Balaban J connectivity index is 2.10. The van der Waals surface area contributed by atoms with Crippen LogP contribution in [0.5, 0.6) is 5.75 Å². The maximum absolute atomic E-state index is 13.4. The summed E-state index contributed by atoms with van der Waals surface area (Å²) in [4.78, 5) is 39.7. The average Bonchev–Trinajstić information content (AvgIpc) is 2.80. The minimum atomic E-state index is -0.789. The molecule has 2 atom stereocenters. The first-order chi connectivity index (χ1) is 16.1. The number of piperidine rings is 1. The molecular weight excluding hydrogens is 440 g/mol. The molecule has 9 nitrogen and oxygen atoms in total. The number of hydrogen-bond acceptors (Lipinski definition) is 7. The molecule has 1 aromatic rings. The number of esters is 1. The van der Waals surface area contributed by atoms with Crippen molar-refractivity contribution in [2.24, 2.45) is 5.92 Å². The molecule has 0 saturated carbocycles. The van der Waals surface area contributed by atoms with Gasteiger partial charge in [0.15, 0.2) is 6.10 Å². The molecule has 9 heteroatoms. The SMILES string of the molecule is CCOC(C(=O)OC)C1CCN(C(=O)C(Cc2ccc(OC)cc2)NC(=O)OC(C)(C)C)CC1. The highest BCUT2D eigenvalue weighted by atomic mass is 16.6. The Morgan fingerprint density at radius 3 is 2.21 bits per heavy atom. The van der Waals surface area contributed by atoms with E-state index in [9.17, 15) is 14.4 Å². The molecule has 2 unspecified atom stereocenters. The van der Waals surface area contributed by atoms with E-state index < -0.39 is 29.8 Å². The lowest BCUT2D eigenvalue weighted by molar-refractivity contribution is -0.159. The monoisotopic (exact) mass is 478 g/mol. The van der Waals surface area contributed by atoms with Gasteiger partial charge in [-0.2, -0.15) is 0 Å². The Morgan fingerprint density at radius 2 is 1.71 bits per heavy atom. The molecule has 0 radical (unpaired) electrons. The summed E-state index contributed by atoms with van der Waals surface area (Å²) in [6.45, 7) is 8.47. The van der Waals surface area contributed by atoms with Gasteiger partial charge in [0.2, 0.25) is 5.91 Å². The van der Waals surface area contributed by atoms with E-state index in [1.54, 1.807) is 32.8 Å². The largest absolute Gasteiger partial charge is 0.497 e. The predicted molar refractivity (Wildman–Crippen MR) is 127 cm³/mol. The Labute approximate surface area is 202 Å². The van der Waals surface area contributed by atoms with Gasteiger partial charge in [0.05, 0.1) is 14.2 Å². The number of ether oxygens (including phenoxy) is 4. The summed E-state index contributed by atoms with van der Waals surface area (Å²) < 4.78 is 21.1. The third kappa shape index (κ3) is 8.20. The molecule has 2 rings (SSSR count). The van der Waals surface area contributed by atoms with E-state index in [2.05, 4.69) is 5.32 Å². The maximum atomic E-state index is 13.4. The molecule has 1 heterocycles. The van der Waals surface area contributed by atoms with Gasteiger partial charge in [-0.15, -0.1) is 0 Å². The minimum absolute atomic E-state index is 0.0321. The number of carbonyl (C=O) groups is 3. The molecule has 34 heavy (non-hydrogen) atoms. The summed E-state index contributed by atoms with van der Waals surface area (Å²) in [5.74, 6) is 0.0975. The van der Waals surface area contributed by atoms with Crippen LogP contribution in [0.1, 0.15) is 46.1 Å². The first-order valence-electron chi connectivity index (χ1n) is 11.7. The summed E-state index contributed by atoms with van der Waals surface area (Å²) in [6.07, 6.45) is 0.241. The third-order valence-corrected chi connectivity index (χ3v) is 5.65. The van der Waals surface area contributed by atoms with Gasteiger partial charge in [-0.05, 0) is 64.2 Å². The van der Waals surface area contributed by atoms with Gasteiger partial charge in [-0.1, -0.05) is 12.1 Å². The Hall–Kier alpha value is -2.81. The van der Waals surface area contributed by atoms with E-state index >= 15 is 0 Å². The number of nitrogens with zero attached hydrogens (tertiary/aromatic N) is 1. The highest BCUT2D eigenvalue weighted by Gasteiger charge is 2.36. The zero-order valence-electron chi connectivity index (χ0n) is 21.1. The van der Waals surface area contributed by atoms with E-state index in [1.807, 2.05) is 31.2 Å². The number of methoxy groups -OCH3 is 2. The average molecular weight is 479 g/mol. The summed E-state index contributed by atoms with van der Waals surface area (Å²) in [7, 11) is 2.93. The van der Waals surface area contributed by atoms with Crippen LogP contribution in [0.25, 0.3) is 0 Å². The van der Waals surface area contributed by atoms with E-state index in [4.69, 9.17) is 18.9 Å². The van der Waals surface area contributed by atoms with Crippen LogP contribution in [-0.2, 0) is 30.2 Å². The topological polar surface area (TPSA) is 103 Å². The fourth-order valence-electron chi connectivity index (χ4n) is 3.98. The Kier molecular flexibility index (Phi) is 10.2. The predicted octanol–water partition coefficient (Wildman–Crippen LogP) is 2.95. The first kappa shape index (κ1) is 27.4. The van der Waals surface area contributed by atoms with E-state index in [0.29, 0.717) is 44.7 Å². The molecule has 0 bridgehead atoms. The van der Waals surface area contributed by atoms with Crippen LogP contribution in [0, 0.1) is 5.92 Å². The van der Waals surface area contributed by atoms with Gasteiger partial charge in [-0.3, -0.25) is 4.79 Å². The lowest BCUT2D eigenvalue weighted by Crippen LogP contribution is -2.53. The van der Waals surface area contributed by atoms with Crippen LogP contribution >= 0.6 is 0 Å². The van der Waals surface area contributed by atoms with Crippen LogP contribution in [0.15, 0.2) is 24.3 Å². The molecule has 1 saturated heterocycles. The molecule has 1 aliphatic rings. The summed E-state index contributed by atoms with van der Waals surface area (Å²) in [6, 6.07) is 6.58. The molecule has 1 aromatic carbocycles. The molecule has 0 spiro atoms. The van der Waals surface area contributed by atoms with Crippen molar-refractivity contribution in [2.45, 2.75) is 64.7 Å². The van der Waals surface area contributed by atoms with Crippen LogP contribution in [0.4, 0.5) is 4.79 Å². The Bertz CT molecular complexity index is 812. The second-order valence-electron chi connectivity index (χ2n) is 9.31. The third-order valence-electron chi connectivity index (χ3n) is 5.65. The number of alkyl carbamates (subject to hydrolysis) is 1. The second kappa shape index (κ2) is 12.6. The molecule has 2 amide bonds. The van der Waals surface area contributed by atoms with Crippen LogP contribution in [-0.4, -0.2) is 74.5 Å². The highest BCUT2D eigenvalue weighted by Crippen LogP contribution is 2.25.